The fourth-order valence-corrected chi connectivity index (χ4v) is 3.23. The number of allylic oxidation sites excluding steroid dienone is 2. The highest BCUT2D eigenvalue weighted by molar-refractivity contribution is 5.93. The zero-order valence-corrected chi connectivity index (χ0v) is 16.7. The number of halogens is 3. The van der Waals surface area contributed by atoms with Crippen LogP contribution in [0.4, 0.5) is 13.2 Å². The fourth-order valence-electron chi connectivity index (χ4n) is 3.23. The summed E-state index contributed by atoms with van der Waals surface area (Å²) in [5, 5.41) is 9.32. The molecule has 0 radical (unpaired) electrons. The number of nitrogens with zero attached hydrogens (tertiary/aromatic N) is 2. The lowest BCUT2D eigenvalue weighted by Gasteiger charge is -2.15. The zero-order chi connectivity index (χ0) is 21.7. The summed E-state index contributed by atoms with van der Waals surface area (Å²) in [6.07, 6.45) is 0.699. The van der Waals surface area contributed by atoms with Gasteiger partial charge in [0.05, 0.1) is 12.8 Å². The molecular weight excluding hydrogens is 397 g/mol. The van der Waals surface area contributed by atoms with Crippen LogP contribution < -0.4 is 10.6 Å². The summed E-state index contributed by atoms with van der Waals surface area (Å²) < 4.78 is 46.2. The van der Waals surface area contributed by atoms with E-state index in [1.165, 1.54) is 0 Å². The number of alkyl halides is 3. The zero-order valence-electron chi connectivity index (χ0n) is 16.7. The average Bonchev–Trinajstić information content (AvgIpc) is 3.19. The van der Waals surface area contributed by atoms with E-state index in [9.17, 15) is 18.0 Å². The molecule has 3 rings (SSSR count). The van der Waals surface area contributed by atoms with Crippen molar-refractivity contribution in [3.8, 4) is 5.69 Å². The van der Waals surface area contributed by atoms with E-state index in [-0.39, 0.29) is 12.2 Å². The Morgan fingerprint density at radius 1 is 1.27 bits per heavy atom. The Labute approximate surface area is 172 Å². The SMILES string of the molecule is CNCc1cccc(-n2nc(C(F)(F)F)cc2C(=O)NCC2=C(OC)CCC=C2)c1. The van der Waals surface area contributed by atoms with Crippen molar-refractivity contribution in [3.05, 3.63) is 70.8 Å². The molecule has 0 fully saturated rings. The van der Waals surface area contributed by atoms with Crippen LogP contribution in [0.1, 0.15) is 34.6 Å². The molecule has 1 aromatic carbocycles. The summed E-state index contributed by atoms with van der Waals surface area (Å²) in [6, 6.07) is 7.61. The van der Waals surface area contributed by atoms with Crippen molar-refractivity contribution in [1.29, 1.82) is 0 Å². The lowest BCUT2D eigenvalue weighted by atomic mass is 10.1. The molecule has 1 heterocycles. The topological polar surface area (TPSA) is 68.2 Å². The maximum absolute atomic E-state index is 13.3. The van der Waals surface area contributed by atoms with Crippen molar-refractivity contribution in [2.24, 2.45) is 0 Å². The van der Waals surface area contributed by atoms with E-state index in [0.717, 1.165) is 34.1 Å². The molecule has 0 aliphatic heterocycles. The normalized spacial score (nSPS) is 14.2. The highest BCUT2D eigenvalue weighted by atomic mass is 19.4. The summed E-state index contributed by atoms with van der Waals surface area (Å²) in [4.78, 5) is 12.8. The Morgan fingerprint density at radius 2 is 2.07 bits per heavy atom. The van der Waals surface area contributed by atoms with Gasteiger partial charge in [-0.3, -0.25) is 4.79 Å². The first-order valence-corrected chi connectivity index (χ1v) is 9.45. The van der Waals surface area contributed by atoms with Crippen LogP contribution in [-0.4, -0.2) is 36.4 Å². The lowest BCUT2D eigenvalue weighted by molar-refractivity contribution is -0.141. The Kier molecular flexibility index (Phi) is 6.61. The third-order valence-electron chi connectivity index (χ3n) is 4.67. The molecule has 2 aromatic rings. The van der Waals surface area contributed by atoms with Gasteiger partial charge in [-0.05, 0) is 31.2 Å². The maximum atomic E-state index is 13.3. The number of benzene rings is 1. The molecule has 0 atom stereocenters. The summed E-state index contributed by atoms with van der Waals surface area (Å²) in [5.74, 6) is 0.0981. The molecule has 1 amide bonds. The molecule has 1 aromatic heterocycles. The quantitative estimate of drug-likeness (QED) is 0.719. The number of nitrogens with one attached hydrogen (secondary N) is 2. The number of carbonyl (C=O) groups excluding carboxylic acids is 1. The molecule has 2 N–H and O–H groups in total. The maximum Gasteiger partial charge on any atom is 0.435 e. The first kappa shape index (κ1) is 21.6. The minimum Gasteiger partial charge on any atom is -0.501 e. The van der Waals surface area contributed by atoms with Gasteiger partial charge in [-0.2, -0.15) is 18.3 Å². The van der Waals surface area contributed by atoms with Crippen molar-refractivity contribution < 1.29 is 22.7 Å². The molecule has 0 unspecified atom stereocenters. The number of amides is 1. The van der Waals surface area contributed by atoms with Crippen molar-refractivity contribution >= 4 is 5.91 Å². The largest absolute Gasteiger partial charge is 0.501 e. The van der Waals surface area contributed by atoms with Crippen LogP contribution in [0, 0.1) is 0 Å². The van der Waals surface area contributed by atoms with Gasteiger partial charge in [0.2, 0.25) is 0 Å². The number of ether oxygens (including phenoxy) is 1. The van der Waals surface area contributed by atoms with Gasteiger partial charge in [0, 0.05) is 31.1 Å². The molecule has 160 valence electrons. The molecule has 0 saturated heterocycles. The molecule has 0 bridgehead atoms. The monoisotopic (exact) mass is 420 g/mol. The van der Waals surface area contributed by atoms with Crippen molar-refractivity contribution in [2.75, 3.05) is 20.7 Å². The highest BCUT2D eigenvalue weighted by Crippen LogP contribution is 2.30. The average molecular weight is 420 g/mol. The first-order chi connectivity index (χ1) is 14.3. The van der Waals surface area contributed by atoms with Gasteiger partial charge < -0.3 is 15.4 Å². The first-order valence-electron chi connectivity index (χ1n) is 9.45. The predicted octanol–water partition coefficient (Wildman–Crippen LogP) is 3.59. The number of hydrogen-bond acceptors (Lipinski definition) is 4. The van der Waals surface area contributed by atoms with E-state index >= 15 is 0 Å². The molecule has 30 heavy (non-hydrogen) atoms. The number of carbonyl (C=O) groups is 1. The Bertz CT molecular complexity index is 977. The van der Waals surface area contributed by atoms with E-state index < -0.39 is 17.8 Å². The minimum atomic E-state index is -4.67. The molecule has 0 saturated carbocycles. The second-order valence-electron chi connectivity index (χ2n) is 6.80. The van der Waals surface area contributed by atoms with Gasteiger partial charge in [0.15, 0.2) is 5.69 Å². The van der Waals surface area contributed by atoms with Crippen molar-refractivity contribution in [2.45, 2.75) is 25.6 Å². The summed E-state index contributed by atoms with van der Waals surface area (Å²) >= 11 is 0. The van der Waals surface area contributed by atoms with Crippen LogP contribution in [0.25, 0.3) is 5.69 Å². The van der Waals surface area contributed by atoms with Crippen LogP contribution in [0.2, 0.25) is 0 Å². The molecule has 1 aliphatic carbocycles. The molecular formula is C21H23F3N4O2. The predicted molar refractivity (Wildman–Crippen MR) is 106 cm³/mol. The van der Waals surface area contributed by atoms with Crippen molar-refractivity contribution in [3.63, 3.8) is 0 Å². The standard InChI is InChI=1S/C21H23F3N4O2/c1-25-12-14-6-5-8-16(10-14)28-17(11-19(27-28)21(22,23)24)20(29)26-13-15-7-3-4-9-18(15)30-2/h3,5-8,10-11,25H,4,9,12-13H2,1-2H3,(H,26,29). The van der Waals surface area contributed by atoms with E-state index in [2.05, 4.69) is 15.7 Å². The summed E-state index contributed by atoms with van der Waals surface area (Å²) in [5.41, 5.74) is 0.699. The third kappa shape index (κ3) is 4.91. The second-order valence-corrected chi connectivity index (χ2v) is 6.80. The van der Waals surface area contributed by atoms with Gasteiger partial charge >= 0.3 is 6.18 Å². The van der Waals surface area contributed by atoms with Gasteiger partial charge in [0.25, 0.3) is 5.91 Å². The van der Waals surface area contributed by atoms with E-state index in [4.69, 9.17) is 4.74 Å². The highest BCUT2D eigenvalue weighted by Gasteiger charge is 2.36. The van der Waals surface area contributed by atoms with E-state index in [1.54, 1.807) is 32.4 Å². The molecule has 1 aliphatic rings. The summed E-state index contributed by atoms with van der Waals surface area (Å²) in [7, 11) is 3.32. The number of hydrogen-bond donors (Lipinski definition) is 2. The second kappa shape index (κ2) is 9.17. The number of methoxy groups -OCH3 is 1. The smallest absolute Gasteiger partial charge is 0.435 e. The van der Waals surface area contributed by atoms with Crippen LogP contribution in [0.15, 0.2) is 53.8 Å². The number of rotatable bonds is 7. The van der Waals surface area contributed by atoms with Gasteiger partial charge in [-0.25, -0.2) is 4.68 Å². The Hall–Kier alpha value is -3.07. The third-order valence-corrected chi connectivity index (χ3v) is 4.67. The van der Waals surface area contributed by atoms with Crippen LogP contribution in [0.5, 0.6) is 0 Å². The number of aromatic nitrogens is 2. The van der Waals surface area contributed by atoms with E-state index in [1.807, 2.05) is 18.2 Å². The van der Waals surface area contributed by atoms with Gasteiger partial charge in [-0.15, -0.1) is 0 Å². The van der Waals surface area contributed by atoms with Gasteiger partial charge in [-0.1, -0.05) is 24.3 Å². The van der Waals surface area contributed by atoms with Crippen LogP contribution in [0.3, 0.4) is 0 Å². The Morgan fingerprint density at radius 3 is 2.77 bits per heavy atom. The fraction of sp³-hybridized carbons (Fsp3) is 0.333. The molecule has 0 spiro atoms. The van der Waals surface area contributed by atoms with Crippen molar-refractivity contribution in [1.82, 2.24) is 20.4 Å². The minimum absolute atomic E-state index is 0.144. The molecule has 6 nitrogen and oxygen atoms in total. The molecule has 9 heteroatoms. The van der Waals surface area contributed by atoms with E-state index in [0.29, 0.717) is 18.7 Å². The van der Waals surface area contributed by atoms with Crippen LogP contribution in [-0.2, 0) is 17.5 Å². The van der Waals surface area contributed by atoms with Gasteiger partial charge in [0.1, 0.15) is 11.5 Å². The van der Waals surface area contributed by atoms with Crippen LogP contribution >= 0.6 is 0 Å². The Balaban J connectivity index is 1.92. The lowest BCUT2D eigenvalue weighted by Crippen LogP contribution is -2.28. The summed E-state index contributed by atoms with van der Waals surface area (Å²) in [6.45, 7) is 0.674.